The van der Waals surface area contributed by atoms with Gasteiger partial charge in [-0.15, -0.1) is 5.10 Å². The molecule has 3 N–H and O–H groups in total. The molecular formula is C30H53N7O12. The predicted molar refractivity (Wildman–Crippen MR) is 171 cm³/mol. The monoisotopic (exact) mass is 703 g/mol. The third-order valence-electron chi connectivity index (χ3n) is 7.74. The molecule has 3 rings (SSSR count). The fourth-order valence-corrected chi connectivity index (χ4v) is 5.24. The molecule has 0 amide bonds. The quantitative estimate of drug-likeness (QED) is 0.235. The van der Waals surface area contributed by atoms with Gasteiger partial charge in [0.15, 0.2) is 0 Å². The van der Waals surface area contributed by atoms with Gasteiger partial charge < -0.3 is 43.7 Å². The topological polar surface area (TPSA) is 211 Å². The van der Waals surface area contributed by atoms with E-state index in [1.54, 1.807) is 19.4 Å². The lowest BCUT2D eigenvalue weighted by Crippen LogP contribution is -2.48. The molecule has 1 unspecified atom stereocenters. The smallest absolute Gasteiger partial charge is 0.317 e. The molecule has 0 bridgehead atoms. The van der Waals surface area contributed by atoms with Crippen LogP contribution < -0.4 is 0 Å². The third kappa shape index (κ3) is 19.2. The van der Waals surface area contributed by atoms with Crippen LogP contribution in [0.3, 0.4) is 0 Å². The van der Waals surface area contributed by atoms with Crippen LogP contribution in [0.15, 0.2) is 6.20 Å². The average Bonchev–Trinajstić information content (AvgIpc) is 3.48. The summed E-state index contributed by atoms with van der Waals surface area (Å²) in [4.78, 5) is 42.0. The molecule has 0 saturated carbocycles. The number of carboxylic acids is 3. The van der Waals surface area contributed by atoms with Crippen LogP contribution in [0.4, 0.5) is 0 Å². The molecular weight excluding hydrogens is 650 g/mol. The first-order valence-electron chi connectivity index (χ1n) is 16.7. The number of ether oxygens (including phenoxy) is 6. The average molecular weight is 704 g/mol. The van der Waals surface area contributed by atoms with Crippen molar-refractivity contribution in [2.45, 2.75) is 19.2 Å². The van der Waals surface area contributed by atoms with E-state index in [0.717, 1.165) is 0 Å². The second-order valence-corrected chi connectivity index (χ2v) is 11.7. The van der Waals surface area contributed by atoms with Gasteiger partial charge in [0, 0.05) is 65.1 Å². The standard InChI is InChI=1S/C30H53N7O12/c38-28(39)22-34-3-1-33(2-4-35(23-29(40)41)6-8-36(7-5-34)24-30(42)43)19-26-20-37(32-31-26)21-27-25-48-16-15-46-12-11-44-9-10-45-13-14-47-17-18-49-27/h20,27H,1-19,21-25H2,(H,38,39)(H,40,41)(H,42,43). The molecule has 0 aliphatic carbocycles. The molecule has 0 spiro atoms. The van der Waals surface area contributed by atoms with Gasteiger partial charge in [-0.1, -0.05) is 5.21 Å². The van der Waals surface area contributed by atoms with E-state index >= 15 is 0 Å². The number of hydrogen-bond acceptors (Lipinski definition) is 15. The summed E-state index contributed by atoms with van der Waals surface area (Å²) < 4.78 is 35.7. The van der Waals surface area contributed by atoms with E-state index in [9.17, 15) is 29.7 Å². The number of carboxylic acid groups (broad SMARTS) is 3. The SMILES string of the molecule is O=C(O)CN1CCN(CC(=O)O)CCN(Cc2cn(CC3COCCOCCOCCOCCOCCO3)nn2)CCN(CC(=O)O)CC1. The normalized spacial score (nSPS) is 22.7. The molecule has 2 saturated heterocycles. The Bertz CT molecular complexity index is 1030. The Labute approximate surface area is 286 Å². The zero-order valence-corrected chi connectivity index (χ0v) is 28.3. The van der Waals surface area contributed by atoms with Crippen LogP contribution in [0, 0.1) is 0 Å². The van der Waals surface area contributed by atoms with E-state index in [2.05, 4.69) is 15.2 Å². The largest absolute Gasteiger partial charge is 0.480 e. The molecule has 1 aromatic rings. The van der Waals surface area contributed by atoms with Crippen molar-refractivity contribution in [3.63, 3.8) is 0 Å². The maximum atomic E-state index is 11.6. The molecule has 2 aliphatic rings. The summed E-state index contributed by atoms with van der Waals surface area (Å²) in [5, 5.41) is 37.0. The van der Waals surface area contributed by atoms with Gasteiger partial charge in [-0.3, -0.25) is 34.0 Å². The molecule has 0 aromatic carbocycles. The van der Waals surface area contributed by atoms with Crippen molar-refractivity contribution in [2.24, 2.45) is 0 Å². The fraction of sp³-hybridized carbons (Fsp3) is 0.833. The lowest BCUT2D eigenvalue weighted by molar-refractivity contribution is -0.140. The van der Waals surface area contributed by atoms with Crippen LogP contribution >= 0.6 is 0 Å². The van der Waals surface area contributed by atoms with Crippen molar-refractivity contribution < 1.29 is 58.1 Å². The zero-order valence-electron chi connectivity index (χ0n) is 28.3. The van der Waals surface area contributed by atoms with Crippen LogP contribution in [-0.2, 0) is 55.9 Å². The molecule has 49 heavy (non-hydrogen) atoms. The van der Waals surface area contributed by atoms with Crippen molar-refractivity contribution in [2.75, 3.05) is 145 Å². The second kappa shape index (κ2) is 24.3. The van der Waals surface area contributed by atoms with E-state index in [1.165, 1.54) is 0 Å². The second-order valence-electron chi connectivity index (χ2n) is 11.7. The number of aliphatic carboxylic acids is 3. The Hall–Kier alpha value is -2.85. The minimum absolute atomic E-state index is 0.182. The molecule has 280 valence electrons. The number of aromatic nitrogens is 3. The molecule has 1 atom stereocenters. The lowest BCUT2D eigenvalue weighted by Gasteiger charge is -2.32. The van der Waals surface area contributed by atoms with Gasteiger partial charge in [0.2, 0.25) is 0 Å². The minimum atomic E-state index is -0.997. The van der Waals surface area contributed by atoms with Gasteiger partial charge in [0.05, 0.1) is 105 Å². The Morgan fingerprint density at radius 3 is 1.41 bits per heavy atom. The van der Waals surface area contributed by atoms with Crippen molar-refractivity contribution in [1.29, 1.82) is 0 Å². The third-order valence-corrected chi connectivity index (χ3v) is 7.74. The summed E-state index contributed by atoms with van der Waals surface area (Å²) in [5.74, 6) is -2.94. The first-order chi connectivity index (χ1) is 23.8. The van der Waals surface area contributed by atoms with Crippen molar-refractivity contribution in [3.05, 3.63) is 11.9 Å². The Morgan fingerprint density at radius 1 is 0.592 bits per heavy atom. The first-order valence-corrected chi connectivity index (χ1v) is 16.7. The minimum Gasteiger partial charge on any atom is -0.480 e. The van der Waals surface area contributed by atoms with Crippen LogP contribution in [0.1, 0.15) is 5.69 Å². The molecule has 0 radical (unpaired) electrons. The molecule has 1 aromatic heterocycles. The molecule has 2 aliphatic heterocycles. The molecule has 2 fully saturated rings. The number of nitrogens with zero attached hydrogens (tertiary/aromatic N) is 7. The number of carbonyl (C=O) groups is 3. The number of hydrogen-bond donors (Lipinski definition) is 3. The van der Waals surface area contributed by atoms with Crippen LogP contribution in [0.5, 0.6) is 0 Å². The highest BCUT2D eigenvalue weighted by molar-refractivity contribution is 5.69. The molecule has 19 heteroatoms. The highest BCUT2D eigenvalue weighted by atomic mass is 16.6. The number of rotatable bonds is 10. The first kappa shape index (κ1) is 40.6. The Balaban J connectivity index is 1.61. The molecule has 19 nitrogen and oxygen atoms in total. The van der Waals surface area contributed by atoms with E-state index in [1.807, 2.05) is 6.20 Å². The van der Waals surface area contributed by atoms with Gasteiger partial charge in [-0.25, -0.2) is 4.68 Å². The fourth-order valence-electron chi connectivity index (χ4n) is 5.24. The van der Waals surface area contributed by atoms with Gasteiger partial charge in [0.25, 0.3) is 0 Å². The van der Waals surface area contributed by atoms with E-state index in [-0.39, 0.29) is 25.7 Å². The van der Waals surface area contributed by atoms with Crippen LogP contribution in [0.25, 0.3) is 0 Å². The van der Waals surface area contributed by atoms with Gasteiger partial charge in [0.1, 0.15) is 6.10 Å². The maximum Gasteiger partial charge on any atom is 0.317 e. The van der Waals surface area contributed by atoms with Gasteiger partial charge in [-0.2, -0.15) is 0 Å². The molecule has 3 heterocycles. The maximum absolute atomic E-state index is 11.6. The van der Waals surface area contributed by atoms with Gasteiger partial charge >= 0.3 is 17.9 Å². The highest BCUT2D eigenvalue weighted by Gasteiger charge is 2.21. The van der Waals surface area contributed by atoms with Crippen LogP contribution in [-0.4, -0.2) is 219 Å². The lowest BCUT2D eigenvalue weighted by atomic mass is 10.3. The summed E-state index contributed by atoms with van der Waals surface area (Å²) in [6, 6.07) is 0. The summed E-state index contributed by atoms with van der Waals surface area (Å²) >= 11 is 0. The zero-order chi connectivity index (χ0) is 35.1. The van der Waals surface area contributed by atoms with E-state index in [0.29, 0.717) is 144 Å². The Morgan fingerprint density at radius 2 is 0.980 bits per heavy atom. The van der Waals surface area contributed by atoms with Gasteiger partial charge in [-0.05, 0) is 0 Å². The summed E-state index contributed by atoms with van der Waals surface area (Å²) in [7, 11) is 0. The Kier molecular flexibility index (Phi) is 20.1. The summed E-state index contributed by atoms with van der Waals surface area (Å²) in [6.07, 6.45) is 1.50. The van der Waals surface area contributed by atoms with Crippen molar-refractivity contribution >= 4 is 17.9 Å². The summed E-state index contributed by atoms with van der Waals surface area (Å²) in [6.45, 7) is 8.13. The van der Waals surface area contributed by atoms with E-state index in [4.69, 9.17) is 28.4 Å². The highest BCUT2D eigenvalue weighted by Crippen LogP contribution is 2.07. The van der Waals surface area contributed by atoms with Crippen molar-refractivity contribution in [1.82, 2.24) is 34.6 Å². The van der Waals surface area contributed by atoms with Crippen molar-refractivity contribution in [3.8, 4) is 0 Å². The van der Waals surface area contributed by atoms with Crippen LogP contribution in [0.2, 0.25) is 0 Å². The summed E-state index contributed by atoms with van der Waals surface area (Å²) in [5.41, 5.74) is 0.689. The van der Waals surface area contributed by atoms with E-state index < -0.39 is 17.9 Å². The predicted octanol–water partition coefficient (Wildman–Crippen LogP) is -2.26.